The molecule has 0 saturated carbocycles. The van der Waals surface area contributed by atoms with Gasteiger partial charge in [-0.15, -0.1) is 0 Å². The van der Waals surface area contributed by atoms with Crippen molar-refractivity contribution in [1.82, 2.24) is 16.0 Å². The Morgan fingerprint density at radius 3 is 1.62 bits per heavy atom. The van der Waals surface area contributed by atoms with E-state index in [1.807, 2.05) is 27.7 Å². The average Bonchev–Trinajstić information content (AvgIpc) is 2.76. The van der Waals surface area contributed by atoms with Crippen LogP contribution in [0.5, 0.6) is 0 Å². The van der Waals surface area contributed by atoms with E-state index in [2.05, 4.69) is 20.9 Å². The third-order valence-corrected chi connectivity index (χ3v) is 5.28. The Balaban J connectivity index is 5.43. The quantitative estimate of drug-likeness (QED) is 0.0569. The van der Waals surface area contributed by atoms with Crippen molar-refractivity contribution < 1.29 is 29.1 Å². The van der Waals surface area contributed by atoms with E-state index < -0.39 is 53.8 Å². The van der Waals surface area contributed by atoms with Crippen molar-refractivity contribution in [3.63, 3.8) is 0 Å². The summed E-state index contributed by atoms with van der Waals surface area (Å²) in [5.74, 6) is -3.94. The van der Waals surface area contributed by atoms with Gasteiger partial charge in [-0.2, -0.15) is 0 Å². The highest BCUT2D eigenvalue weighted by Crippen LogP contribution is 2.10. The van der Waals surface area contributed by atoms with Gasteiger partial charge in [-0.25, -0.2) is 4.79 Å². The predicted molar refractivity (Wildman–Crippen MR) is 139 cm³/mol. The molecule has 0 aliphatic rings. The van der Waals surface area contributed by atoms with Crippen molar-refractivity contribution in [2.75, 3.05) is 6.54 Å². The van der Waals surface area contributed by atoms with E-state index in [0.717, 1.165) is 0 Å². The van der Waals surface area contributed by atoms with Gasteiger partial charge >= 0.3 is 5.97 Å². The Morgan fingerprint density at radius 2 is 1.22 bits per heavy atom. The van der Waals surface area contributed by atoms with Crippen LogP contribution in [0.15, 0.2) is 4.99 Å². The van der Waals surface area contributed by atoms with Gasteiger partial charge in [-0.05, 0) is 43.9 Å². The van der Waals surface area contributed by atoms with Crippen molar-refractivity contribution in [3.05, 3.63) is 0 Å². The van der Waals surface area contributed by atoms with Gasteiger partial charge in [0.1, 0.15) is 18.1 Å². The van der Waals surface area contributed by atoms with Crippen molar-refractivity contribution in [2.45, 2.75) is 90.4 Å². The third kappa shape index (κ3) is 15.3. The highest BCUT2D eigenvalue weighted by atomic mass is 16.4. The summed E-state index contributed by atoms with van der Waals surface area (Å²) in [6, 6.07) is -4.28. The first-order valence-electron chi connectivity index (χ1n) is 12.4. The molecule has 0 aromatic heterocycles. The predicted octanol–water partition coefficient (Wildman–Crippen LogP) is -1.74. The number of nitrogens with zero attached hydrogens (tertiary/aromatic N) is 1. The van der Waals surface area contributed by atoms with E-state index in [4.69, 9.17) is 22.9 Å². The molecule has 0 saturated heterocycles. The van der Waals surface area contributed by atoms with Crippen molar-refractivity contribution >= 4 is 35.6 Å². The first-order chi connectivity index (χ1) is 17.1. The zero-order valence-electron chi connectivity index (χ0n) is 22.2. The molecule has 0 rings (SSSR count). The number of carbonyl (C=O) groups excluding carboxylic acids is 4. The summed E-state index contributed by atoms with van der Waals surface area (Å²) in [5.41, 5.74) is 21.6. The van der Waals surface area contributed by atoms with E-state index >= 15 is 0 Å². The number of nitrogens with two attached hydrogens (primary N) is 4. The summed E-state index contributed by atoms with van der Waals surface area (Å²) >= 11 is 0. The summed E-state index contributed by atoms with van der Waals surface area (Å²) in [6.45, 7) is 7.72. The van der Waals surface area contributed by atoms with Crippen LogP contribution in [-0.2, 0) is 24.0 Å². The Morgan fingerprint density at radius 1 is 0.757 bits per heavy atom. The van der Waals surface area contributed by atoms with Crippen LogP contribution in [-0.4, -0.2) is 71.4 Å². The third-order valence-electron chi connectivity index (χ3n) is 5.28. The van der Waals surface area contributed by atoms with Crippen LogP contribution in [0.4, 0.5) is 0 Å². The van der Waals surface area contributed by atoms with Crippen LogP contribution in [0.25, 0.3) is 0 Å². The number of hydrogen-bond acceptors (Lipinski definition) is 7. The smallest absolute Gasteiger partial charge is 0.326 e. The molecule has 4 atom stereocenters. The number of hydrogen-bond donors (Lipinski definition) is 8. The zero-order chi connectivity index (χ0) is 28.7. The summed E-state index contributed by atoms with van der Waals surface area (Å²) < 4.78 is 0. The maximum atomic E-state index is 13.1. The van der Waals surface area contributed by atoms with E-state index in [9.17, 15) is 29.1 Å². The molecule has 212 valence electrons. The first-order valence-corrected chi connectivity index (χ1v) is 12.4. The van der Waals surface area contributed by atoms with E-state index in [1.54, 1.807) is 0 Å². The van der Waals surface area contributed by atoms with Gasteiger partial charge in [0.2, 0.25) is 23.6 Å². The number of primary amides is 1. The van der Waals surface area contributed by atoms with Crippen LogP contribution in [0.2, 0.25) is 0 Å². The van der Waals surface area contributed by atoms with Crippen LogP contribution in [0.1, 0.15) is 66.2 Å². The fourth-order valence-corrected chi connectivity index (χ4v) is 3.42. The van der Waals surface area contributed by atoms with Gasteiger partial charge in [0.15, 0.2) is 5.96 Å². The maximum Gasteiger partial charge on any atom is 0.326 e. The Bertz CT molecular complexity index is 813. The van der Waals surface area contributed by atoms with Gasteiger partial charge < -0.3 is 44.0 Å². The van der Waals surface area contributed by atoms with Crippen molar-refractivity contribution in [2.24, 2.45) is 39.8 Å². The monoisotopic (exact) mass is 528 g/mol. The van der Waals surface area contributed by atoms with Crippen LogP contribution in [0, 0.1) is 11.8 Å². The fourth-order valence-electron chi connectivity index (χ4n) is 3.42. The number of aliphatic carboxylic acids is 1. The normalized spacial score (nSPS) is 14.2. The van der Waals surface area contributed by atoms with Gasteiger partial charge in [-0.3, -0.25) is 24.2 Å². The largest absolute Gasteiger partial charge is 0.480 e. The van der Waals surface area contributed by atoms with Crippen LogP contribution >= 0.6 is 0 Å². The fraction of sp³-hybridized carbons (Fsp3) is 0.739. The Labute approximate surface area is 217 Å². The molecule has 0 aliphatic carbocycles. The minimum Gasteiger partial charge on any atom is -0.480 e. The standard InChI is InChI=1S/C23H44N8O6/c1-12(2)10-16(30-19(33)14(24)6-5-9-28-23(26)27)21(35)31-17(11-13(3)4)20(34)29-15(22(36)37)7-8-18(25)32/h12-17H,5-11,24H2,1-4H3,(H2,25,32)(H,29,34)(H,30,33)(H,31,35)(H,36,37)(H4,26,27,28). The van der Waals surface area contributed by atoms with Gasteiger partial charge in [-0.1, -0.05) is 27.7 Å². The summed E-state index contributed by atoms with van der Waals surface area (Å²) in [4.78, 5) is 65.1. The molecule has 14 heteroatoms. The maximum absolute atomic E-state index is 13.1. The number of rotatable bonds is 18. The lowest BCUT2D eigenvalue weighted by Crippen LogP contribution is -2.57. The number of nitrogens with one attached hydrogen (secondary N) is 3. The molecule has 0 aromatic rings. The van der Waals surface area contributed by atoms with E-state index in [-0.39, 0.29) is 43.5 Å². The van der Waals surface area contributed by atoms with E-state index in [1.165, 1.54) is 0 Å². The highest BCUT2D eigenvalue weighted by molar-refractivity contribution is 5.94. The molecule has 0 aliphatic heterocycles. The molecule has 4 amide bonds. The van der Waals surface area contributed by atoms with Gasteiger partial charge in [0.25, 0.3) is 0 Å². The molecule has 0 bridgehead atoms. The number of carboxylic acid groups (broad SMARTS) is 1. The number of carbonyl (C=O) groups is 5. The number of aliphatic imine (C=N–C) groups is 1. The number of amides is 4. The first kappa shape index (κ1) is 33.6. The van der Waals surface area contributed by atoms with Crippen LogP contribution in [0.3, 0.4) is 0 Å². The van der Waals surface area contributed by atoms with E-state index in [0.29, 0.717) is 19.4 Å². The Hall–Kier alpha value is -3.42. The Kier molecular flexibility index (Phi) is 15.5. The van der Waals surface area contributed by atoms with Crippen molar-refractivity contribution in [3.8, 4) is 0 Å². The minimum absolute atomic E-state index is 0.0247. The molecule has 0 spiro atoms. The SMILES string of the molecule is CC(C)CC(NC(=O)C(N)CCCN=C(N)N)C(=O)NC(CC(C)C)C(=O)NC(CCC(N)=O)C(=O)O. The summed E-state index contributed by atoms with van der Waals surface area (Å²) in [6.07, 6.45) is 0.833. The second-order valence-corrected chi connectivity index (χ2v) is 9.84. The topological polar surface area (TPSA) is 258 Å². The molecular weight excluding hydrogens is 484 g/mol. The van der Waals surface area contributed by atoms with Crippen LogP contribution < -0.4 is 38.9 Å². The minimum atomic E-state index is -1.35. The summed E-state index contributed by atoms with van der Waals surface area (Å²) in [5, 5.41) is 17.0. The second-order valence-electron chi connectivity index (χ2n) is 9.84. The molecule has 4 unspecified atom stereocenters. The second kappa shape index (κ2) is 17.1. The molecule has 0 fully saturated rings. The molecule has 0 radical (unpaired) electrons. The molecule has 0 aromatic carbocycles. The van der Waals surface area contributed by atoms with Crippen molar-refractivity contribution in [1.29, 1.82) is 0 Å². The number of guanidine groups is 1. The lowest BCUT2D eigenvalue weighted by molar-refractivity contribution is -0.142. The zero-order valence-corrected chi connectivity index (χ0v) is 22.2. The van der Waals surface area contributed by atoms with Gasteiger partial charge in [0, 0.05) is 13.0 Å². The lowest BCUT2D eigenvalue weighted by Gasteiger charge is -2.26. The van der Waals surface area contributed by atoms with Gasteiger partial charge in [0.05, 0.1) is 6.04 Å². The number of carboxylic acids is 1. The molecule has 14 nitrogen and oxygen atoms in total. The molecule has 37 heavy (non-hydrogen) atoms. The lowest BCUT2D eigenvalue weighted by atomic mass is 9.99. The molecule has 0 heterocycles. The summed E-state index contributed by atoms with van der Waals surface area (Å²) in [7, 11) is 0. The average molecular weight is 529 g/mol. The molecule has 12 N–H and O–H groups in total. The molecular formula is C23H44N8O6. The highest BCUT2D eigenvalue weighted by Gasteiger charge is 2.31.